The molecule has 1 aliphatic rings. The molecule has 0 bridgehead atoms. The van der Waals surface area contributed by atoms with Crippen LogP contribution in [0.15, 0.2) is 72.5 Å². The summed E-state index contributed by atoms with van der Waals surface area (Å²) in [5.41, 5.74) is 2.54. The molecule has 138 valence electrons. The number of benzene rings is 3. The van der Waals surface area contributed by atoms with E-state index in [1.54, 1.807) is 60.7 Å². The Kier molecular flexibility index (Phi) is 4.72. The lowest BCUT2D eigenvalue weighted by atomic mass is 10.1. The number of allylic oxidation sites excluding steroid dienone is 1. The molecule has 4 rings (SSSR count). The summed E-state index contributed by atoms with van der Waals surface area (Å²) in [5, 5.41) is 0.615. The highest BCUT2D eigenvalue weighted by atomic mass is 35.5. The number of rotatable bonds is 3. The van der Waals surface area contributed by atoms with Crippen LogP contribution in [0.5, 0.6) is 11.5 Å². The molecule has 3 aromatic carbocycles. The molecule has 1 heterocycles. The number of carbonyl (C=O) groups is 2. The Balaban J connectivity index is 1.56. The topological polar surface area (TPSA) is 52.6 Å². The van der Waals surface area contributed by atoms with Crippen LogP contribution in [0.25, 0.3) is 6.08 Å². The second-order valence-electron chi connectivity index (χ2n) is 6.35. The number of halogens is 1. The highest BCUT2D eigenvalue weighted by Crippen LogP contribution is 2.35. The van der Waals surface area contributed by atoms with Gasteiger partial charge in [-0.25, -0.2) is 4.79 Å². The summed E-state index contributed by atoms with van der Waals surface area (Å²) >= 11 is 5.88. The van der Waals surface area contributed by atoms with Gasteiger partial charge in [0.1, 0.15) is 11.5 Å². The van der Waals surface area contributed by atoms with Gasteiger partial charge in [-0.15, -0.1) is 0 Å². The lowest BCUT2D eigenvalue weighted by molar-refractivity contribution is 0.0733. The van der Waals surface area contributed by atoms with Gasteiger partial charge >= 0.3 is 5.97 Å². The molecule has 0 unspecified atom stereocenters. The Morgan fingerprint density at radius 2 is 1.79 bits per heavy atom. The number of Topliss-reactive ketones (excluding diaryl/α,β-unsaturated/α-hetero) is 1. The van der Waals surface area contributed by atoms with Gasteiger partial charge in [0.05, 0.1) is 11.1 Å². The summed E-state index contributed by atoms with van der Waals surface area (Å²) in [7, 11) is 0. The van der Waals surface area contributed by atoms with E-state index in [4.69, 9.17) is 21.1 Å². The lowest BCUT2D eigenvalue weighted by Crippen LogP contribution is -2.10. The second-order valence-corrected chi connectivity index (χ2v) is 6.79. The summed E-state index contributed by atoms with van der Waals surface area (Å²) in [6, 6.07) is 19.0. The summed E-state index contributed by atoms with van der Waals surface area (Å²) in [6.45, 7) is 1.84. The third-order valence-electron chi connectivity index (χ3n) is 4.38. The lowest BCUT2D eigenvalue weighted by Gasteiger charge is -2.07. The van der Waals surface area contributed by atoms with E-state index in [0.29, 0.717) is 27.6 Å². The maximum absolute atomic E-state index is 12.5. The molecule has 0 atom stereocenters. The number of esters is 1. The van der Waals surface area contributed by atoms with Gasteiger partial charge in [0.25, 0.3) is 0 Å². The molecule has 1 aliphatic heterocycles. The number of hydrogen-bond donors (Lipinski definition) is 0. The van der Waals surface area contributed by atoms with Crippen LogP contribution < -0.4 is 9.47 Å². The van der Waals surface area contributed by atoms with Crippen molar-refractivity contribution in [3.8, 4) is 11.5 Å². The van der Waals surface area contributed by atoms with Crippen LogP contribution >= 0.6 is 11.6 Å². The van der Waals surface area contributed by atoms with Crippen molar-refractivity contribution >= 4 is 29.4 Å². The van der Waals surface area contributed by atoms with E-state index in [-0.39, 0.29) is 11.5 Å². The zero-order valence-electron chi connectivity index (χ0n) is 14.9. The van der Waals surface area contributed by atoms with Crippen LogP contribution in [0.3, 0.4) is 0 Å². The molecule has 5 heteroatoms. The molecule has 3 aromatic rings. The van der Waals surface area contributed by atoms with Gasteiger partial charge in [-0.1, -0.05) is 41.9 Å². The van der Waals surface area contributed by atoms with Gasteiger partial charge in [-0.2, -0.15) is 0 Å². The van der Waals surface area contributed by atoms with E-state index in [1.165, 1.54) is 0 Å². The number of hydrogen-bond acceptors (Lipinski definition) is 4. The van der Waals surface area contributed by atoms with Crippen LogP contribution in [0, 0.1) is 6.92 Å². The smallest absolute Gasteiger partial charge is 0.343 e. The quantitative estimate of drug-likeness (QED) is 0.337. The molecule has 0 aliphatic carbocycles. The van der Waals surface area contributed by atoms with Crippen LogP contribution in [0.2, 0.25) is 5.02 Å². The van der Waals surface area contributed by atoms with Gasteiger partial charge < -0.3 is 9.47 Å². The first-order valence-electron chi connectivity index (χ1n) is 8.63. The molecule has 0 fully saturated rings. The molecule has 28 heavy (non-hydrogen) atoms. The van der Waals surface area contributed by atoms with Gasteiger partial charge in [-0.3, -0.25) is 4.79 Å². The van der Waals surface area contributed by atoms with Crippen LogP contribution in [-0.4, -0.2) is 11.8 Å². The number of carbonyl (C=O) groups excluding carboxylic acids is 2. The fourth-order valence-corrected chi connectivity index (χ4v) is 3.03. The van der Waals surface area contributed by atoms with Gasteiger partial charge in [0.2, 0.25) is 5.78 Å². The molecule has 0 spiro atoms. The van der Waals surface area contributed by atoms with Gasteiger partial charge in [0, 0.05) is 11.1 Å². The molecule has 4 nitrogen and oxygen atoms in total. The Bertz CT molecular complexity index is 1110. The largest absolute Gasteiger partial charge is 0.452 e. The molecular formula is C23H15ClO4. The minimum absolute atomic E-state index is 0.208. The van der Waals surface area contributed by atoms with Crippen molar-refractivity contribution in [2.24, 2.45) is 0 Å². The normalized spacial score (nSPS) is 13.9. The van der Waals surface area contributed by atoms with E-state index in [0.717, 1.165) is 11.1 Å². The van der Waals surface area contributed by atoms with E-state index in [1.807, 2.05) is 19.1 Å². The standard InChI is InChI=1S/C23H15ClO4/c1-14-4-2-3-5-18(14)23(26)27-17-10-11-19-20(13-17)28-21(22(19)25)12-15-6-8-16(24)9-7-15/h2-13H,1H3/b21-12-. The third kappa shape index (κ3) is 3.55. The molecule has 0 saturated carbocycles. The minimum atomic E-state index is -0.459. The average molecular weight is 391 g/mol. The Morgan fingerprint density at radius 1 is 1.04 bits per heavy atom. The minimum Gasteiger partial charge on any atom is -0.452 e. The summed E-state index contributed by atoms with van der Waals surface area (Å²) in [5.74, 6) is 0.202. The first kappa shape index (κ1) is 18.0. The highest BCUT2D eigenvalue weighted by Gasteiger charge is 2.28. The number of ether oxygens (including phenoxy) is 2. The molecule has 0 aromatic heterocycles. The summed E-state index contributed by atoms with van der Waals surface area (Å²) in [4.78, 5) is 24.9. The van der Waals surface area contributed by atoms with Crippen molar-refractivity contribution in [2.45, 2.75) is 6.92 Å². The van der Waals surface area contributed by atoms with E-state index >= 15 is 0 Å². The predicted octanol–water partition coefficient (Wildman–Crippen LogP) is 5.48. The Morgan fingerprint density at radius 3 is 2.54 bits per heavy atom. The number of fused-ring (bicyclic) bond motifs is 1. The van der Waals surface area contributed by atoms with Crippen molar-refractivity contribution in [3.05, 3.63) is 99.8 Å². The summed E-state index contributed by atoms with van der Waals surface area (Å²) in [6.07, 6.45) is 1.65. The highest BCUT2D eigenvalue weighted by molar-refractivity contribution is 6.30. The van der Waals surface area contributed by atoms with Crippen LogP contribution in [-0.2, 0) is 0 Å². The van der Waals surface area contributed by atoms with Gasteiger partial charge in [-0.05, 0) is 54.5 Å². The monoisotopic (exact) mass is 390 g/mol. The van der Waals surface area contributed by atoms with Crippen molar-refractivity contribution in [1.82, 2.24) is 0 Å². The second kappa shape index (κ2) is 7.33. The molecule has 0 N–H and O–H groups in total. The van der Waals surface area contributed by atoms with E-state index < -0.39 is 5.97 Å². The summed E-state index contributed by atoms with van der Waals surface area (Å²) < 4.78 is 11.1. The zero-order valence-corrected chi connectivity index (χ0v) is 15.7. The van der Waals surface area contributed by atoms with Crippen LogP contribution in [0.4, 0.5) is 0 Å². The average Bonchev–Trinajstić information content (AvgIpc) is 2.99. The number of aryl methyl sites for hydroxylation is 1. The van der Waals surface area contributed by atoms with Crippen LogP contribution in [0.1, 0.15) is 31.8 Å². The van der Waals surface area contributed by atoms with Crippen molar-refractivity contribution in [2.75, 3.05) is 0 Å². The van der Waals surface area contributed by atoms with Gasteiger partial charge in [0.15, 0.2) is 5.76 Å². The fraction of sp³-hybridized carbons (Fsp3) is 0.0435. The van der Waals surface area contributed by atoms with Crippen molar-refractivity contribution < 1.29 is 19.1 Å². The number of ketones is 1. The molecule has 0 amide bonds. The van der Waals surface area contributed by atoms with Crippen molar-refractivity contribution in [1.29, 1.82) is 0 Å². The molecule has 0 saturated heterocycles. The Labute approximate surface area is 167 Å². The first-order valence-corrected chi connectivity index (χ1v) is 9.01. The SMILES string of the molecule is Cc1ccccc1C(=O)Oc1ccc2c(c1)O/C(=C\c1ccc(Cl)cc1)C2=O. The maximum atomic E-state index is 12.5. The molecular weight excluding hydrogens is 376 g/mol. The molecule has 0 radical (unpaired) electrons. The van der Waals surface area contributed by atoms with E-state index in [9.17, 15) is 9.59 Å². The first-order chi connectivity index (χ1) is 13.5. The Hall–Kier alpha value is -3.37. The predicted molar refractivity (Wildman–Crippen MR) is 107 cm³/mol. The van der Waals surface area contributed by atoms with Crippen molar-refractivity contribution in [3.63, 3.8) is 0 Å². The van der Waals surface area contributed by atoms with E-state index in [2.05, 4.69) is 0 Å². The zero-order chi connectivity index (χ0) is 19.7. The fourth-order valence-electron chi connectivity index (χ4n) is 2.91. The third-order valence-corrected chi connectivity index (χ3v) is 4.64. The maximum Gasteiger partial charge on any atom is 0.343 e.